The molecule has 1 aliphatic rings. The fourth-order valence-corrected chi connectivity index (χ4v) is 3.75. The van der Waals surface area contributed by atoms with Gasteiger partial charge in [-0.15, -0.1) is 0 Å². The van der Waals surface area contributed by atoms with E-state index in [9.17, 15) is 9.59 Å². The van der Waals surface area contributed by atoms with Crippen molar-refractivity contribution in [1.29, 1.82) is 0 Å². The van der Waals surface area contributed by atoms with Crippen molar-refractivity contribution in [2.75, 3.05) is 39.8 Å². The molecular weight excluding hydrogens is 382 g/mol. The number of piperazine rings is 1. The van der Waals surface area contributed by atoms with Crippen LogP contribution in [0.25, 0.3) is 11.0 Å². The molecule has 1 aliphatic heterocycles. The van der Waals surface area contributed by atoms with Gasteiger partial charge in [0.25, 0.3) is 0 Å². The Morgan fingerprint density at radius 3 is 2.53 bits per heavy atom. The number of carbonyl (C=O) groups is 1. The van der Waals surface area contributed by atoms with E-state index in [0.717, 1.165) is 48.5 Å². The van der Waals surface area contributed by atoms with E-state index in [1.54, 1.807) is 11.7 Å². The summed E-state index contributed by atoms with van der Waals surface area (Å²) in [5.74, 6) is 0.754. The van der Waals surface area contributed by atoms with E-state index < -0.39 is 0 Å². The van der Waals surface area contributed by atoms with Gasteiger partial charge < -0.3 is 15.0 Å². The van der Waals surface area contributed by atoms with Crippen LogP contribution in [0, 0.1) is 0 Å². The number of ether oxygens (including phenoxy) is 1. The summed E-state index contributed by atoms with van der Waals surface area (Å²) in [5, 5.41) is 2.98. The van der Waals surface area contributed by atoms with Crippen LogP contribution in [0.5, 0.6) is 5.75 Å². The van der Waals surface area contributed by atoms with Gasteiger partial charge in [0.1, 0.15) is 5.75 Å². The molecule has 0 saturated carbocycles. The smallest absolute Gasteiger partial charge is 0.327 e. The lowest BCUT2D eigenvalue weighted by molar-refractivity contribution is -0.122. The average Bonchev–Trinajstić information content (AvgIpc) is 3.08. The summed E-state index contributed by atoms with van der Waals surface area (Å²) in [6, 6.07) is 15.5. The molecular formula is C22H27N5O3. The van der Waals surface area contributed by atoms with Gasteiger partial charge in [-0.3, -0.25) is 19.2 Å². The van der Waals surface area contributed by atoms with Crippen LogP contribution in [0.2, 0.25) is 0 Å². The quantitative estimate of drug-likeness (QED) is 0.613. The standard InChI is InChI=1S/C22H27N5O3/c1-30-18-7-8-20-19(13-18)24-22(29)27(20)16-26-11-9-25(10-12-26)15-21(28)23-14-17-5-3-2-4-6-17/h2-8,13H,9-12,14-16H2,1H3,(H,23,28)(H,24,29). The van der Waals surface area contributed by atoms with E-state index in [-0.39, 0.29) is 11.6 Å². The summed E-state index contributed by atoms with van der Waals surface area (Å²) >= 11 is 0. The number of nitrogens with zero attached hydrogens (tertiary/aromatic N) is 3. The largest absolute Gasteiger partial charge is 0.497 e. The maximum Gasteiger partial charge on any atom is 0.327 e. The van der Waals surface area contributed by atoms with Gasteiger partial charge in [-0.2, -0.15) is 0 Å². The van der Waals surface area contributed by atoms with Crippen molar-refractivity contribution in [2.45, 2.75) is 13.2 Å². The van der Waals surface area contributed by atoms with E-state index in [1.165, 1.54) is 0 Å². The van der Waals surface area contributed by atoms with E-state index in [2.05, 4.69) is 20.1 Å². The molecule has 0 radical (unpaired) electrons. The minimum Gasteiger partial charge on any atom is -0.497 e. The van der Waals surface area contributed by atoms with Gasteiger partial charge in [-0.05, 0) is 17.7 Å². The van der Waals surface area contributed by atoms with E-state index in [1.807, 2.05) is 48.5 Å². The number of fused-ring (bicyclic) bond motifs is 1. The highest BCUT2D eigenvalue weighted by molar-refractivity contribution is 5.78. The highest BCUT2D eigenvalue weighted by atomic mass is 16.5. The Bertz CT molecular complexity index is 1050. The second-order valence-electron chi connectivity index (χ2n) is 7.54. The number of hydrogen-bond donors (Lipinski definition) is 2. The number of aromatic amines is 1. The third kappa shape index (κ3) is 4.72. The van der Waals surface area contributed by atoms with Gasteiger partial charge in [0, 0.05) is 38.8 Å². The molecule has 2 aromatic carbocycles. The third-order valence-electron chi connectivity index (χ3n) is 5.49. The van der Waals surface area contributed by atoms with E-state index in [4.69, 9.17) is 4.74 Å². The molecule has 8 nitrogen and oxygen atoms in total. The predicted octanol–water partition coefficient (Wildman–Crippen LogP) is 1.23. The van der Waals surface area contributed by atoms with Crippen LogP contribution in [0.15, 0.2) is 53.3 Å². The Morgan fingerprint density at radius 2 is 1.80 bits per heavy atom. The molecule has 4 rings (SSSR count). The number of benzene rings is 2. The fourth-order valence-electron chi connectivity index (χ4n) is 3.75. The van der Waals surface area contributed by atoms with Crippen LogP contribution in [-0.2, 0) is 18.0 Å². The molecule has 158 valence electrons. The molecule has 0 bridgehead atoms. The Morgan fingerprint density at radius 1 is 1.07 bits per heavy atom. The summed E-state index contributed by atoms with van der Waals surface area (Å²) < 4.78 is 6.97. The Labute approximate surface area is 175 Å². The van der Waals surface area contributed by atoms with Crippen LogP contribution in [0.4, 0.5) is 0 Å². The van der Waals surface area contributed by atoms with E-state index in [0.29, 0.717) is 19.8 Å². The van der Waals surface area contributed by atoms with Crippen molar-refractivity contribution in [1.82, 2.24) is 24.7 Å². The number of nitrogens with one attached hydrogen (secondary N) is 2. The summed E-state index contributed by atoms with van der Waals surface area (Å²) in [7, 11) is 1.61. The predicted molar refractivity (Wildman–Crippen MR) is 115 cm³/mol. The normalized spacial score (nSPS) is 15.4. The first kappa shape index (κ1) is 20.2. The average molecular weight is 409 g/mol. The van der Waals surface area contributed by atoms with Crippen molar-refractivity contribution in [3.63, 3.8) is 0 Å². The number of carbonyl (C=O) groups excluding carboxylic acids is 1. The number of aromatic nitrogens is 2. The molecule has 30 heavy (non-hydrogen) atoms. The van der Waals surface area contributed by atoms with Gasteiger partial charge in [0.05, 0.1) is 31.4 Å². The molecule has 1 fully saturated rings. The molecule has 0 spiro atoms. The van der Waals surface area contributed by atoms with Crippen molar-refractivity contribution in [3.05, 3.63) is 64.6 Å². The van der Waals surface area contributed by atoms with Crippen molar-refractivity contribution >= 4 is 16.9 Å². The van der Waals surface area contributed by atoms with Crippen LogP contribution in [0.3, 0.4) is 0 Å². The zero-order valence-electron chi connectivity index (χ0n) is 17.1. The number of hydrogen-bond acceptors (Lipinski definition) is 5. The summed E-state index contributed by atoms with van der Waals surface area (Å²) in [6.45, 7) is 4.68. The van der Waals surface area contributed by atoms with E-state index >= 15 is 0 Å². The highest BCUT2D eigenvalue weighted by Gasteiger charge is 2.20. The molecule has 0 atom stereocenters. The minimum absolute atomic E-state index is 0.0362. The number of methoxy groups -OCH3 is 1. The molecule has 1 amide bonds. The van der Waals surface area contributed by atoms with Gasteiger partial charge in [-0.25, -0.2) is 4.79 Å². The number of rotatable bonds is 7. The second-order valence-corrected chi connectivity index (χ2v) is 7.54. The number of H-pyrrole nitrogens is 1. The van der Waals surface area contributed by atoms with Crippen molar-refractivity contribution < 1.29 is 9.53 Å². The summed E-state index contributed by atoms with van der Waals surface area (Å²) in [4.78, 5) is 31.9. The van der Waals surface area contributed by atoms with Gasteiger partial charge in [0.15, 0.2) is 0 Å². The maximum absolute atomic E-state index is 12.4. The van der Waals surface area contributed by atoms with Crippen LogP contribution in [-0.4, -0.2) is 65.1 Å². The molecule has 1 saturated heterocycles. The van der Waals surface area contributed by atoms with Crippen molar-refractivity contribution in [3.8, 4) is 5.75 Å². The summed E-state index contributed by atoms with van der Waals surface area (Å²) in [6.07, 6.45) is 0. The fraction of sp³-hybridized carbons (Fsp3) is 0.364. The molecule has 0 unspecified atom stereocenters. The van der Waals surface area contributed by atoms with Gasteiger partial charge in [-0.1, -0.05) is 30.3 Å². The van der Waals surface area contributed by atoms with Crippen LogP contribution < -0.4 is 15.7 Å². The minimum atomic E-state index is -0.124. The lowest BCUT2D eigenvalue weighted by Gasteiger charge is -2.34. The Balaban J connectivity index is 1.28. The SMILES string of the molecule is COc1ccc2c(c1)[nH]c(=O)n2CN1CCN(CC(=O)NCc2ccccc2)CC1. The molecule has 0 aliphatic carbocycles. The van der Waals surface area contributed by atoms with Gasteiger partial charge in [0.2, 0.25) is 5.91 Å². The second kappa shape index (κ2) is 9.15. The lowest BCUT2D eigenvalue weighted by Crippen LogP contribution is -2.50. The first-order valence-electron chi connectivity index (χ1n) is 10.1. The molecule has 3 aromatic rings. The molecule has 8 heteroatoms. The Hall–Kier alpha value is -3.10. The topological polar surface area (TPSA) is 82.6 Å². The molecule has 1 aromatic heterocycles. The first-order valence-corrected chi connectivity index (χ1v) is 10.1. The maximum atomic E-state index is 12.4. The van der Waals surface area contributed by atoms with Gasteiger partial charge >= 0.3 is 5.69 Å². The third-order valence-corrected chi connectivity index (χ3v) is 5.49. The molecule has 2 heterocycles. The summed E-state index contributed by atoms with van der Waals surface area (Å²) in [5.41, 5.74) is 2.61. The highest BCUT2D eigenvalue weighted by Crippen LogP contribution is 2.18. The first-order chi connectivity index (χ1) is 14.6. The Kier molecular flexibility index (Phi) is 6.15. The number of amides is 1. The zero-order valence-corrected chi connectivity index (χ0v) is 17.1. The van der Waals surface area contributed by atoms with Crippen LogP contribution >= 0.6 is 0 Å². The molecule has 2 N–H and O–H groups in total. The monoisotopic (exact) mass is 409 g/mol. The number of imidazole rings is 1. The van der Waals surface area contributed by atoms with Crippen molar-refractivity contribution in [2.24, 2.45) is 0 Å². The van der Waals surface area contributed by atoms with Crippen LogP contribution in [0.1, 0.15) is 5.56 Å². The zero-order chi connectivity index (χ0) is 20.9. The lowest BCUT2D eigenvalue weighted by atomic mass is 10.2.